The summed E-state index contributed by atoms with van der Waals surface area (Å²) in [7, 11) is -4.62. The van der Waals surface area contributed by atoms with Crippen molar-refractivity contribution in [2.75, 3.05) is 0 Å². The van der Waals surface area contributed by atoms with E-state index in [0.717, 1.165) is 0 Å². The fourth-order valence-electron chi connectivity index (χ4n) is 0.267. The fraction of sp³-hybridized carbons (Fsp3) is 0. The Bertz CT molecular complexity index is 297. The first-order chi connectivity index (χ1) is 4.96. The Morgan fingerprint density at radius 3 is 1.64 bits per heavy atom. The lowest BCUT2D eigenvalue weighted by molar-refractivity contribution is -0.111. The molecule has 0 saturated heterocycles. The van der Waals surface area contributed by atoms with Crippen molar-refractivity contribution < 1.29 is 19.0 Å². The van der Waals surface area contributed by atoms with Crippen molar-refractivity contribution in [2.45, 2.75) is 0 Å². The van der Waals surface area contributed by atoms with Gasteiger partial charge >= 0.3 is 7.37 Å². The van der Waals surface area contributed by atoms with Crippen LogP contribution in [0.15, 0.2) is 0 Å². The topological polar surface area (TPSA) is 71.4 Å². The lowest BCUT2D eigenvalue weighted by Gasteiger charge is -1.97. The standard InChI is InChI=1S/C6H3O4P/c1-3-5(7)11(9,10)6(8)4-2/h1-2H,(H,9,10). The van der Waals surface area contributed by atoms with E-state index in [9.17, 15) is 14.2 Å². The molecule has 0 fully saturated rings. The van der Waals surface area contributed by atoms with Crippen molar-refractivity contribution in [3.63, 3.8) is 0 Å². The highest BCUT2D eigenvalue weighted by Gasteiger charge is 2.35. The summed E-state index contributed by atoms with van der Waals surface area (Å²) in [6.45, 7) is 0. The van der Waals surface area contributed by atoms with Crippen LogP contribution in [0.4, 0.5) is 0 Å². The van der Waals surface area contributed by atoms with E-state index in [1.807, 2.05) is 0 Å². The van der Waals surface area contributed by atoms with Crippen molar-refractivity contribution in [3.8, 4) is 24.7 Å². The largest absolute Gasteiger partial charge is 0.353 e. The van der Waals surface area contributed by atoms with E-state index in [1.54, 1.807) is 0 Å². The molecular weight excluding hydrogens is 167 g/mol. The highest BCUT2D eigenvalue weighted by atomic mass is 31.2. The number of rotatable bonds is 2. The van der Waals surface area contributed by atoms with Gasteiger partial charge in [-0.25, -0.2) is 0 Å². The summed E-state index contributed by atoms with van der Waals surface area (Å²) in [5.41, 5.74) is -2.94. The Labute approximate surface area is 63.1 Å². The molecule has 0 aromatic carbocycles. The molecule has 0 amide bonds. The second kappa shape index (κ2) is 3.16. The highest BCUT2D eigenvalue weighted by Crippen LogP contribution is 2.41. The van der Waals surface area contributed by atoms with E-state index in [1.165, 1.54) is 11.8 Å². The van der Waals surface area contributed by atoms with Crippen LogP contribution >= 0.6 is 7.37 Å². The summed E-state index contributed by atoms with van der Waals surface area (Å²) in [4.78, 5) is 29.4. The van der Waals surface area contributed by atoms with Gasteiger partial charge in [-0.3, -0.25) is 14.2 Å². The average Bonchev–Trinajstić information content (AvgIpc) is 2.01. The first-order valence-electron chi connectivity index (χ1n) is 2.32. The maximum absolute atomic E-state index is 10.6. The van der Waals surface area contributed by atoms with Gasteiger partial charge in [-0.2, -0.15) is 0 Å². The van der Waals surface area contributed by atoms with E-state index in [0.29, 0.717) is 0 Å². The third-order valence-corrected chi connectivity index (χ3v) is 2.16. The van der Waals surface area contributed by atoms with Crippen molar-refractivity contribution in [1.29, 1.82) is 0 Å². The summed E-state index contributed by atoms with van der Waals surface area (Å²) in [5, 5.41) is 0. The highest BCUT2D eigenvalue weighted by molar-refractivity contribution is 7.91. The van der Waals surface area contributed by atoms with Crippen LogP contribution in [0.5, 0.6) is 0 Å². The molecule has 4 nitrogen and oxygen atoms in total. The Morgan fingerprint density at radius 1 is 1.18 bits per heavy atom. The van der Waals surface area contributed by atoms with Gasteiger partial charge in [0, 0.05) is 0 Å². The van der Waals surface area contributed by atoms with E-state index in [4.69, 9.17) is 4.89 Å². The minimum Gasteiger partial charge on any atom is -0.333 e. The predicted molar refractivity (Wildman–Crippen MR) is 37.5 cm³/mol. The minimum atomic E-state index is -4.62. The normalized spacial score (nSPS) is 9.36. The van der Waals surface area contributed by atoms with Crippen molar-refractivity contribution in [1.82, 2.24) is 0 Å². The van der Waals surface area contributed by atoms with Gasteiger partial charge in [0.1, 0.15) is 0 Å². The van der Waals surface area contributed by atoms with Gasteiger partial charge in [0.2, 0.25) is 0 Å². The van der Waals surface area contributed by atoms with E-state index in [2.05, 4.69) is 12.8 Å². The monoisotopic (exact) mass is 170 g/mol. The van der Waals surface area contributed by atoms with Gasteiger partial charge in [-0.15, -0.1) is 12.8 Å². The molecule has 0 aliphatic heterocycles. The summed E-state index contributed by atoms with van der Waals surface area (Å²) >= 11 is 0. The van der Waals surface area contributed by atoms with Gasteiger partial charge in [-0.05, 0) is 11.8 Å². The molecule has 0 atom stereocenters. The lowest BCUT2D eigenvalue weighted by atomic mass is 10.8. The first kappa shape index (κ1) is 9.65. The first-order valence-corrected chi connectivity index (χ1v) is 3.97. The van der Waals surface area contributed by atoms with Crippen LogP contribution in [0.25, 0.3) is 0 Å². The Kier molecular flexibility index (Phi) is 2.78. The maximum Gasteiger partial charge on any atom is 0.353 e. The molecule has 1 N–H and O–H groups in total. The summed E-state index contributed by atoms with van der Waals surface area (Å²) in [5.74, 6) is 2.70. The quantitative estimate of drug-likeness (QED) is 0.451. The summed E-state index contributed by atoms with van der Waals surface area (Å²) in [6.07, 6.45) is 9.00. The Balaban J connectivity index is 4.98. The molecule has 0 rings (SSSR count). The second-order valence-corrected chi connectivity index (χ2v) is 3.44. The molecule has 5 heteroatoms. The number of hydrogen-bond donors (Lipinski definition) is 1. The number of terminal acetylenes is 2. The van der Waals surface area contributed by atoms with Crippen molar-refractivity contribution in [3.05, 3.63) is 0 Å². The van der Waals surface area contributed by atoms with Gasteiger partial charge in [0.15, 0.2) is 0 Å². The molecule has 0 unspecified atom stereocenters. The van der Waals surface area contributed by atoms with E-state index in [-0.39, 0.29) is 0 Å². The van der Waals surface area contributed by atoms with Crippen LogP contribution in [0.3, 0.4) is 0 Å². The number of carbonyl (C=O) groups excluding carboxylic acids is 2. The van der Waals surface area contributed by atoms with Crippen LogP contribution in [0, 0.1) is 24.7 Å². The minimum absolute atomic E-state index is 1.35. The lowest BCUT2D eigenvalue weighted by Crippen LogP contribution is -2.04. The third kappa shape index (κ3) is 1.78. The molecule has 0 aliphatic rings. The van der Waals surface area contributed by atoms with Crippen LogP contribution in [-0.4, -0.2) is 15.9 Å². The zero-order valence-electron chi connectivity index (χ0n) is 5.27. The zero-order valence-corrected chi connectivity index (χ0v) is 6.17. The predicted octanol–water partition coefficient (Wildman–Crippen LogP) is -0.424. The van der Waals surface area contributed by atoms with Crippen LogP contribution in [-0.2, 0) is 14.2 Å². The maximum atomic E-state index is 10.6. The Morgan fingerprint density at radius 2 is 1.45 bits per heavy atom. The molecule has 0 saturated carbocycles. The number of hydrogen-bond acceptors (Lipinski definition) is 3. The molecule has 0 aromatic heterocycles. The van der Waals surface area contributed by atoms with E-state index >= 15 is 0 Å². The van der Waals surface area contributed by atoms with Crippen molar-refractivity contribution in [2.24, 2.45) is 0 Å². The fourth-order valence-corrected chi connectivity index (χ4v) is 0.802. The zero-order chi connectivity index (χ0) is 9.07. The molecule has 0 aromatic rings. The smallest absolute Gasteiger partial charge is 0.333 e. The van der Waals surface area contributed by atoms with Crippen LogP contribution in [0.1, 0.15) is 0 Å². The SMILES string of the molecule is C#CC(=O)P(=O)(O)C(=O)C#C. The van der Waals surface area contributed by atoms with Gasteiger partial charge in [-0.1, -0.05) is 0 Å². The molecule has 0 radical (unpaired) electrons. The van der Waals surface area contributed by atoms with E-state index < -0.39 is 18.4 Å². The summed E-state index contributed by atoms with van der Waals surface area (Å²) < 4.78 is 10.6. The number of carbonyl (C=O) groups is 2. The molecular formula is C6H3O4P. The summed E-state index contributed by atoms with van der Waals surface area (Å²) in [6, 6.07) is 0. The molecule has 56 valence electrons. The Hall–Kier alpha value is -1.35. The van der Waals surface area contributed by atoms with Gasteiger partial charge < -0.3 is 4.89 Å². The molecule has 0 bridgehead atoms. The van der Waals surface area contributed by atoms with Crippen molar-refractivity contribution >= 4 is 18.4 Å². The molecule has 0 heterocycles. The molecule has 0 spiro atoms. The van der Waals surface area contributed by atoms with Gasteiger partial charge in [0.25, 0.3) is 11.0 Å². The molecule has 0 aliphatic carbocycles. The average molecular weight is 170 g/mol. The van der Waals surface area contributed by atoms with Crippen LogP contribution in [0.2, 0.25) is 0 Å². The molecule has 11 heavy (non-hydrogen) atoms. The third-order valence-electron chi connectivity index (χ3n) is 0.798. The van der Waals surface area contributed by atoms with Gasteiger partial charge in [0.05, 0.1) is 0 Å². The second-order valence-electron chi connectivity index (χ2n) is 1.48. The van der Waals surface area contributed by atoms with Crippen LogP contribution < -0.4 is 0 Å².